The van der Waals surface area contributed by atoms with E-state index in [0.29, 0.717) is 16.4 Å². The molecule has 2 rings (SSSR count). The van der Waals surface area contributed by atoms with Crippen molar-refractivity contribution in [3.63, 3.8) is 0 Å². The number of nitrogens with zero attached hydrogens (tertiary/aromatic N) is 2. The third-order valence-electron chi connectivity index (χ3n) is 2.21. The zero-order valence-corrected chi connectivity index (χ0v) is 9.81. The first-order chi connectivity index (χ1) is 8.20. The minimum atomic E-state index is -0.382. The van der Waals surface area contributed by atoms with Gasteiger partial charge in [0.1, 0.15) is 11.5 Å². The lowest BCUT2D eigenvalue weighted by Gasteiger charge is -2.03. The molecule has 0 aliphatic rings. The highest BCUT2D eigenvalue weighted by molar-refractivity contribution is 6.29. The van der Waals surface area contributed by atoms with Crippen molar-refractivity contribution in [1.82, 2.24) is 9.97 Å². The van der Waals surface area contributed by atoms with Gasteiger partial charge in [-0.25, -0.2) is 14.8 Å². The fourth-order valence-corrected chi connectivity index (χ4v) is 1.56. The molecular formula is C12H9ClN2O2. The van der Waals surface area contributed by atoms with Gasteiger partial charge in [-0.05, 0) is 12.1 Å². The highest BCUT2D eigenvalue weighted by Gasteiger charge is 2.07. The van der Waals surface area contributed by atoms with Crippen molar-refractivity contribution in [1.29, 1.82) is 0 Å². The van der Waals surface area contributed by atoms with Crippen LogP contribution in [0.3, 0.4) is 0 Å². The number of carbonyl (C=O) groups excluding carboxylic acids is 1. The summed E-state index contributed by atoms with van der Waals surface area (Å²) < 4.78 is 4.65. The number of methoxy groups -OCH3 is 1. The SMILES string of the molecule is COC(=O)c1cccc(-c2cc(Cl)ncn2)c1. The van der Waals surface area contributed by atoms with Crippen molar-refractivity contribution < 1.29 is 9.53 Å². The summed E-state index contributed by atoms with van der Waals surface area (Å²) in [5.41, 5.74) is 1.92. The van der Waals surface area contributed by atoms with Crippen LogP contribution in [0.4, 0.5) is 0 Å². The Morgan fingerprint density at radius 1 is 1.29 bits per heavy atom. The van der Waals surface area contributed by atoms with Crippen molar-refractivity contribution in [3.8, 4) is 11.3 Å². The van der Waals surface area contributed by atoms with Crippen LogP contribution >= 0.6 is 11.6 Å². The van der Waals surface area contributed by atoms with Gasteiger partial charge in [0.2, 0.25) is 0 Å². The smallest absolute Gasteiger partial charge is 0.337 e. The Morgan fingerprint density at radius 2 is 2.12 bits per heavy atom. The third-order valence-corrected chi connectivity index (χ3v) is 2.42. The average molecular weight is 249 g/mol. The predicted molar refractivity (Wildman–Crippen MR) is 63.8 cm³/mol. The number of hydrogen-bond acceptors (Lipinski definition) is 4. The fourth-order valence-electron chi connectivity index (χ4n) is 1.41. The van der Waals surface area contributed by atoms with E-state index < -0.39 is 0 Å². The third kappa shape index (κ3) is 2.60. The lowest BCUT2D eigenvalue weighted by atomic mass is 10.1. The van der Waals surface area contributed by atoms with Crippen LogP contribution < -0.4 is 0 Å². The topological polar surface area (TPSA) is 52.1 Å². The Balaban J connectivity index is 2.43. The summed E-state index contributed by atoms with van der Waals surface area (Å²) in [7, 11) is 1.34. The number of hydrogen-bond donors (Lipinski definition) is 0. The molecule has 0 saturated heterocycles. The van der Waals surface area contributed by atoms with Gasteiger partial charge in [-0.1, -0.05) is 23.7 Å². The minimum absolute atomic E-state index is 0.360. The zero-order valence-electron chi connectivity index (χ0n) is 9.05. The summed E-state index contributed by atoms with van der Waals surface area (Å²) in [6, 6.07) is 8.61. The number of esters is 1. The van der Waals surface area contributed by atoms with Gasteiger partial charge in [0.05, 0.1) is 18.4 Å². The number of ether oxygens (including phenoxy) is 1. The number of carbonyl (C=O) groups is 1. The molecule has 17 heavy (non-hydrogen) atoms. The molecule has 0 radical (unpaired) electrons. The quantitative estimate of drug-likeness (QED) is 0.606. The number of aromatic nitrogens is 2. The normalized spacial score (nSPS) is 10.0. The van der Waals surface area contributed by atoms with Gasteiger partial charge >= 0.3 is 5.97 Å². The van der Waals surface area contributed by atoms with Crippen LogP contribution in [0, 0.1) is 0 Å². The Hall–Kier alpha value is -1.94. The molecular weight excluding hydrogens is 240 g/mol. The minimum Gasteiger partial charge on any atom is -0.465 e. The molecule has 1 heterocycles. The van der Waals surface area contributed by atoms with Crippen LogP contribution in [-0.4, -0.2) is 23.0 Å². The first-order valence-corrected chi connectivity index (χ1v) is 5.25. The van der Waals surface area contributed by atoms with E-state index in [1.807, 2.05) is 6.07 Å². The highest BCUT2D eigenvalue weighted by atomic mass is 35.5. The van der Waals surface area contributed by atoms with E-state index in [1.54, 1.807) is 24.3 Å². The molecule has 0 unspecified atom stereocenters. The Labute approximate surface area is 103 Å². The Morgan fingerprint density at radius 3 is 2.82 bits per heavy atom. The van der Waals surface area contributed by atoms with E-state index in [9.17, 15) is 4.79 Å². The van der Waals surface area contributed by atoms with Crippen molar-refractivity contribution >= 4 is 17.6 Å². The summed E-state index contributed by atoms with van der Waals surface area (Å²) >= 11 is 5.78. The molecule has 1 aromatic heterocycles. The van der Waals surface area contributed by atoms with Crippen LogP contribution in [0.15, 0.2) is 36.7 Å². The molecule has 5 heteroatoms. The van der Waals surface area contributed by atoms with E-state index in [-0.39, 0.29) is 5.97 Å². The van der Waals surface area contributed by atoms with E-state index in [0.717, 1.165) is 5.56 Å². The Bertz CT molecular complexity index is 558. The second-order valence-electron chi connectivity index (χ2n) is 3.30. The maximum absolute atomic E-state index is 11.4. The van der Waals surface area contributed by atoms with Crippen LogP contribution in [-0.2, 0) is 4.74 Å². The molecule has 86 valence electrons. The molecule has 0 aliphatic heterocycles. The summed E-state index contributed by atoms with van der Waals surface area (Å²) in [5, 5.41) is 0.360. The van der Waals surface area contributed by atoms with Crippen LogP contribution in [0.1, 0.15) is 10.4 Å². The molecule has 0 fully saturated rings. The van der Waals surface area contributed by atoms with Gasteiger partial charge in [-0.3, -0.25) is 0 Å². The number of benzene rings is 1. The highest BCUT2D eigenvalue weighted by Crippen LogP contribution is 2.20. The summed E-state index contributed by atoms with van der Waals surface area (Å²) in [5.74, 6) is -0.382. The van der Waals surface area contributed by atoms with Gasteiger partial charge in [0.25, 0.3) is 0 Å². The lowest BCUT2D eigenvalue weighted by Crippen LogP contribution is -2.01. The molecule has 1 aromatic carbocycles. The first-order valence-electron chi connectivity index (χ1n) is 4.87. The molecule has 0 amide bonds. The summed E-state index contributed by atoms with van der Waals surface area (Å²) in [6.07, 6.45) is 1.38. The molecule has 0 spiro atoms. The maximum Gasteiger partial charge on any atom is 0.337 e. The molecule has 2 aromatic rings. The second kappa shape index (κ2) is 4.93. The van der Waals surface area contributed by atoms with Gasteiger partial charge < -0.3 is 4.74 Å². The largest absolute Gasteiger partial charge is 0.465 e. The van der Waals surface area contributed by atoms with Gasteiger partial charge in [0, 0.05) is 11.6 Å². The number of halogens is 1. The molecule has 0 saturated carbocycles. The van der Waals surface area contributed by atoms with Gasteiger partial charge in [-0.15, -0.1) is 0 Å². The van der Waals surface area contributed by atoms with Crippen LogP contribution in [0.5, 0.6) is 0 Å². The zero-order chi connectivity index (χ0) is 12.3. The average Bonchev–Trinajstić information content (AvgIpc) is 2.38. The maximum atomic E-state index is 11.4. The summed E-state index contributed by atoms with van der Waals surface area (Å²) in [4.78, 5) is 19.3. The van der Waals surface area contributed by atoms with Crippen molar-refractivity contribution in [3.05, 3.63) is 47.4 Å². The van der Waals surface area contributed by atoms with Crippen molar-refractivity contribution in [2.45, 2.75) is 0 Å². The number of rotatable bonds is 2. The molecule has 0 aliphatic carbocycles. The molecule has 4 nitrogen and oxygen atoms in total. The monoisotopic (exact) mass is 248 g/mol. The van der Waals surface area contributed by atoms with Gasteiger partial charge in [-0.2, -0.15) is 0 Å². The molecule has 0 bridgehead atoms. The lowest BCUT2D eigenvalue weighted by molar-refractivity contribution is 0.0601. The van der Waals surface area contributed by atoms with E-state index >= 15 is 0 Å². The van der Waals surface area contributed by atoms with E-state index in [4.69, 9.17) is 11.6 Å². The first kappa shape index (κ1) is 11.5. The predicted octanol–water partition coefficient (Wildman–Crippen LogP) is 2.58. The van der Waals surface area contributed by atoms with Gasteiger partial charge in [0.15, 0.2) is 0 Å². The molecule has 0 N–H and O–H groups in total. The van der Waals surface area contributed by atoms with Crippen molar-refractivity contribution in [2.75, 3.05) is 7.11 Å². The van der Waals surface area contributed by atoms with E-state index in [1.165, 1.54) is 13.4 Å². The van der Waals surface area contributed by atoms with Crippen LogP contribution in [0.2, 0.25) is 5.15 Å². The van der Waals surface area contributed by atoms with E-state index in [2.05, 4.69) is 14.7 Å². The summed E-state index contributed by atoms with van der Waals surface area (Å²) in [6.45, 7) is 0. The Kier molecular flexibility index (Phi) is 3.35. The second-order valence-corrected chi connectivity index (χ2v) is 3.69. The van der Waals surface area contributed by atoms with Crippen LogP contribution in [0.25, 0.3) is 11.3 Å². The fraction of sp³-hybridized carbons (Fsp3) is 0.0833. The van der Waals surface area contributed by atoms with Crippen molar-refractivity contribution in [2.24, 2.45) is 0 Å². The standard InChI is InChI=1S/C12H9ClN2O2/c1-17-12(16)9-4-2-3-8(5-9)10-6-11(13)15-7-14-10/h2-7H,1H3. The molecule has 0 atom stereocenters.